The van der Waals surface area contributed by atoms with E-state index in [0.717, 1.165) is 19.3 Å². The summed E-state index contributed by atoms with van der Waals surface area (Å²) in [6.07, 6.45) is 3.42. The summed E-state index contributed by atoms with van der Waals surface area (Å²) >= 11 is 0. The van der Waals surface area contributed by atoms with E-state index in [1.165, 1.54) is 0 Å². The minimum absolute atomic E-state index is 0.140. The van der Waals surface area contributed by atoms with Crippen LogP contribution in [0.25, 0.3) is 0 Å². The maximum atomic E-state index is 11.4. The van der Waals surface area contributed by atoms with Crippen LogP contribution in [0, 0.1) is 0 Å². The van der Waals surface area contributed by atoms with Crippen molar-refractivity contribution in [3.05, 3.63) is 0 Å². The predicted molar refractivity (Wildman–Crippen MR) is 38.1 cm³/mol. The molecule has 0 N–H and O–H groups in total. The molecule has 0 bridgehead atoms. The summed E-state index contributed by atoms with van der Waals surface area (Å²) in [5.74, 6) is -0.667. The van der Waals surface area contributed by atoms with Crippen LogP contribution >= 0.6 is 0 Å². The van der Waals surface area contributed by atoms with Crippen LogP contribution in [-0.2, 0) is 14.3 Å². The van der Waals surface area contributed by atoms with Crippen LogP contribution in [0.5, 0.6) is 0 Å². The molecule has 0 atom stereocenters. The maximum absolute atomic E-state index is 11.4. The molecule has 3 heteroatoms. The average molecular weight is 156 g/mol. The molecule has 1 spiro atoms. The van der Waals surface area contributed by atoms with Gasteiger partial charge in [0, 0.05) is 12.8 Å². The topological polar surface area (TPSA) is 35.5 Å². The average Bonchev–Trinajstić information content (AvgIpc) is 2.46. The fourth-order valence-electron chi connectivity index (χ4n) is 1.73. The van der Waals surface area contributed by atoms with Gasteiger partial charge >= 0.3 is 0 Å². The third kappa shape index (κ3) is 1.08. The molecule has 3 nitrogen and oxygen atoms in total. The summed E-state index contributed by atoms with van der Waals surface area (Å²) < 4.78 is 10.6. The van der Waals surface area contributed by atoms with E-state index in [9.17, 15) is 4.79 Å². The number of ether oxygens (including phenoxy) is 2. The lowest BCUT2D eigenvalue weighted by molar-refractivity contribution is -0.187. The van der Waals surface area contributed by atoms with Crippen molar-refractivity contribution < 1.29 is 14.3 Å². The van der Waals surface area contributed by atoms with Crippen LogP contribution in [0.3, 0.4) is 0 Å². The summed E-state index contributed by atoms with van der Waals surface area (Å²) in [4.78, 5) is 11.4. The van der Waals surface area contributed by atoms with Gasteiger partial charge in [-0.25, -0.2) is 0 Å². The summed E-state index contributed by atoms with van der Waals surface area (Å²) in [7, 11) is 0. The largest absolute Gasteiger partial charge is 0.341 e. The van der Waals surface area contributed by atoms with E-state index >= 15 is 0 Å². The van der Waals surface area contributed by atoms with Crippen molar-refractivity contribution in [3.8, 4) is 0 Å². The molecule has 1 aliphatic heterocycles. The second kappa shape index (κ2) is 2.57. The zero-order chi connectivity index (χ0) is 7.73. The van der Waals surface area contributed by atoms with E-state index < -0.39 is 5.79 Å². The SMILES string of the molecule is O=C1CCCCC12OCCO2. The van der Waals surface area contributed by atoms with Gasteiger partial charge in [-0.05, 0) is 12.8 Å². The highest BCUT2D eigenvalue weighted by Gasteiger charge is 2.44. The Balaban J connectivity index is 2.13. The molecule has 2 fully saturated rings. The first-order valence-corrected chi connectivity index (χ1v) is 4.15. The summed E-state index contributed by atoms with van der Waals surface area (Å²) in [5.41, 5.74) is 0. The molecule has 0 aromatic heterocycles. The van der Waals surface area contributed by atoms with Crippen molar-refractivity contribution in [2.24, 2.45) is 0 Å². The van der Waals surface area contributed by atoms with Gasteiger partial charge in [0.15, 0.2) is 5.78 Å². The van der Waals surface area contributed by atoms with Gasteiger partial charge in [-0.1, -0.05) is 0 Å². The predicted octanol–water partition coefficient (Wildman–Crippen LogP) is 0.873. The molecule has 0 aromatic rings. The molecular weight excluding hydrogens is 144 g/mol. The molecule has 0 unspecified atom stereocenters. The maximum Gasteiger partial charge on any atom is 0.229 e. The second-order valence-corrected chi connectivity index (χ2v) is 3.08. The number of rotatable bonds is 0. The number of carbonyl (C=O) groups is 1. The normalized spacial score (nSPS) is 29.6. The Kier molecular flexibility index (Phi) is 1.69. The first-order valence-electron chi connectivity index (χ1n) is 4.15. The quantitative estimate of drug-likeness (QED) is 0.522. The first-order chi connectivity index (χ1) is 5.33. The molecule has 0 radical (unpaired) electrons. The molecule has 11 heavy (non-hydrogen) atoms. The molecule has 2 aliphatic rings. The van der Waals surface area contributed by atoms with Crippen LogP contribution in [0.15, 0.2) is 0 Å². The third-order valence-electron chi connectivity index (χ3n) is 2.34. The molecule has 0 aromatic carbocycles. The summed E-state index contributed by atoms with van der Waals surface area (Å²) in [6.45, 7) is 1.15. The number of ketones is 1. The van der Waals surface area contributed by atoms with Crippen molar-refractivity contribution in [2.45, 2.75) is 31.5 Å². The second-order valence-electron chi connectivity index (χ2n) is 3.08. The van der Waals surface area contributed by atoms with Crippen molar-refractivity contribution in [1.29, 1.82) is 0 Å². The van der Waals surface area contributed by atoms with Gasteiger partial charge in [0.05, 0.1) is 13.2 Å². The lowest BCUT2D eigenvalue weighted by Crippen LogP contribution is -2.42. The molecule has 1 aliphatic carbocycles. The van der Waals surface area contributed by atoms with E-state index in [0.29, 0.717) is 19.6 Å². The van der Waals surface area contributed by atoms with Gasteiger partial charge in [-0.3, -0.25) is 4.79 Å². The molecule has 1 saturated carbocycles. The molecule has 0 amide bonds. The first kappa shape index (κ1) is 7.25. The van der Waals surface area contributed by atoms with Crippen LogP contribution < -0.4 is 0 Å². The Morgan fingerprint density at radius 3 is 2.55 bits per heavy atom. The Labute approximate surface area is 65.7 Å². The van der Waals surface area contributed by atoms with Crippen molar-refractivity contribution in [3.63, 3.8) is 0 Å². The van der Waals surface area contributed by atoms with E-state index in [4.69, 9.17) is 9.47 Å². The minimum atomic E-state index is -0.807. The van der Waals surface area contributed by atoms with Crippen molar-refractivity contribution >= 4 is 5.78 Å². The van der Waals surface area contributed by atoms with Gasteiger partial charge in [0.1, 0.15) is 0 Å². The monoisotopic (exact) mass is 156 g/mol. The summed E-state index contributed by atoms with van der Waals surface area (Å²) in [5, 5.41) is 0. The minimum Gasteiger partial charge on any atom is -0.341 e. The fraction of sp³-hybridized carbons (Fsp3) is 0.875. The van der Waals surface area contributed by atoms with E-state index in [1.807, 2.05) is 0 Å². The Bertz CT molecular complexity index is 170. The smallest absolute Gasteiger partial charge is 0.229 e. The van der Waals surface area contributed by atoms with Gasteiger partial charge < -0.3 is 9.47 Å². The highest BCUT2D eigenvalue weighted by atomic mass is 16.7. The zero-order valence-electron chi connectivity index (χ0n) is 6.47. The van der Waals surface area contributed by atoms with E-state index in [2.05, 4.69) is 0 Å². The Hall–Kier alpha value is -0.410. The Morgan fingerprint density at radius 2 is 1.91 bits per heavy atom. The van der Waals surface area contributed by atoms with Crippen LogP contribution in [0.2, 0.25) is 0 Å². The summed E-state index contributed by atoms with van der Waals surface area (Å²) in [6, 6.07) is 0. The van der Waals surface area contributed by atoms with Crippen LogP contribution in [-0.4, -0.2) is 24.8 Å². The van der Waals surface area contributed by atoms with Gasteiger partial charge in [-0.15, -0.1) is 0 Å². The number of hydrogen-bond donors (Lipinski definition) is 0. The highest BCUT2D eigenvalue weighted by Crippen LogP contribution is 2.32. The molecular formula is C8H12O3. The van der Waals surface area contributed by atoms with Crippen LogP contribution in [0.1, 0.15) is 25.7 Å². The fourth-order valence-corrected chi connectivity index (χ4v) is 1.73. The number of carbonyl (C=O) groups excluding carboxylic acids is 1. The van der Waals surface area contributed by atoms with Gasteiger partial charge in [0.25, 0.3) is 0 Å². The molecule has 1 saturated heterocycles. The lowest BCUT2D eigenvalue weighted by Gasteiger charge is -2.29. The van der Waals surface area contributed by atoms with Crippen LogP contribution in [0.4, 0.5) is 0 Å². The number of hydrogen-bond acceptors (Lipinski definition) is 3. The third-order valence-corrected chi connectivity index (χ3v) is 2.34. The standard InChI is InChI=1S/C8H12O3/c9-7-3-1-2-4-8(7)10-5-6-11-8/h1-6H2. The lowest BCUT2D eigenvalue weighted by atomic mass is 9.93. The molecule has 62 valence electrons. The van der Waals surface area contributed by atoms with Crippen molar-refractivity contribution in [1.82, 2.24) is 0 Å². The van der Waals surface area contributed by atoms with Gasteiger partial charge in [0.2, 0.25) is 5.79 Å². The van der Waals surface area contributed by atoms with E-state index in [1.54, 1.807) is 0 Å². The van der Waals surface area contributed by atoms with E-state index in [-0.39, 0.29) is 5.78 Å². The highest BCUT2D eigenvalue weighted by molar-refractivity contribution is 5.86. The molecule has 2 rings (SSSR count). The Morgan fingerprint density at radius 1 is 1.18 bits per heavy atom. The van der Waals surface area contributed by atoms with Crippen molar-refractivity contribution in [2.75, 3.05) is 13.2 Å². The van der Waals surface area contributed by atoms with Gasteiger partial charge in [-0.2, -0.15) is 0 Å². The number of Topliss-reactive ketones (excluding diaryl/α,β-unsaturated/α-hetero) is 1. The zero-order valence-corrected chi connectivity index (χ0v) is 6.47. The molecule has 1 heterocycles.